The number of rotatable bonds is 4. The van der Waals surface area contributed by atoms with Crippen molar-refractivity contribution < 1.29 is 9.53 Å². The van der Waals surface area contributed by atoms with Crippen molar-refractivity contribution in [2.45, 2.75) is 25.4 Å². The minimum absolute atomic E-state index is 0.00804. The van der Waals surface area contributed by atoms with Crippen LogP contribution in [0.15, 0.2) is 29.2 Å². The molecule has 1 aromatic heterocycles. The number of hydrogen-bond acceptors (Lipinski definition) is 4. The van der Waals surface area contributed by atoms with E-state index in [0.29, 0.717) is 13.1 Å². The number of likely N-dealkylation sites (tertiary alicyclic amines) is 1. The predicted molar refractivity (Wildman–Crippen MR) is 67.3 cm³/mol. The van der Waals surface area contributed by atoms with Gasteiger partial charge < -0.3 is 9.30 Å². The van der Waals surface area contributed by atoms with E-state index in [1.54, 1.807) is 22.9 Å². The van der Waals surface area contributed by atoms with Crippen molar-refractivity contribution in [3.8, 4) is 0 Å². The first kappa shape index (κ1) is 12.8. The third-order valence-electron chi connectivity index (χ3n) is 3.36. The second kappa shape index (κ2) is 5.82. The quantitative estimate of drug-likeness (QED) is 0.730. The van der Waals surface area contributed by atoms with Crippen LogP contribution in [0.2, 0.25) is 0 Å². The molecule has 5 heteroatoms. The van der Waals surface area contributed by atoms with Gasteiger partial charge in [-0.15, -0.1) is 0 Å². The fourth-order valence-electron chi connectivity index (χ4n) is 2.38. The van der Waals surface area contributed by atoms with Crippen LogP contribution in [0.1, 0.15) is 12.8 Å². The standard InChI is InChI=1S/C13H18N2O3/c1-18-13(17)11-5-4-8-14(11)9-10-15-7-3-2-6-12(15)16/h2-3,6-7,11H,4-5,8-10H2,1H3. The highest BCUT2D eigenvalue weighted by Gasteiger charge is 2.30. The Balaban J connectivity index is 1.96. The molecule has 1 atom stereocenters. The number of esters is 1. The van der Waals surface area contributed by atoms with E-state index in [0.717, 1.165) is 19.4 Å². The average Bonchev–Trinajstić information content (AvgIpc) is 2.85. The van der Waals surface area contributed by atoms with Gasteiger partial charge in [-0.25, -0.2) is 0 Å². The second-order valence-corrected chi connectivity index (χ2v) is 4.45. The molecule has 2 rings (SSSR count). The Labute approximate surface area is 106 Å². The van der Waals surface area contributed by atoms with Gasteiger partial charge in [0.1, 0.15) is 6.04 Å². The molecule has 1 aliphatic rings. The van der Waals surface area contributed by atoms with Crippen LogP contribution in [-0.4, -0.2) is 41.7 Å². The Bertz CT molecular complexity index is 469. The molecule has 2 heterocycles. The van der Waals surface area contributed by atoms with Crippen LogP contribution in [0.25, 0.3) is 0 Å². The summed E-state index contributed by atoms with van der Waals surface area (Å²) in [4.78, 5) is 25.2. The first-order chi connectivity index (χ1) is 8.72. The molecule has 0 N–H and O–H groups in total. The van der Waals surface area contributed by atoms with Crippen molar-refractivity contribution in [2.75, 3.05) is 20.2 Å². The Hall–Kier alpha value is -1.62. The van der Waals surface area contributed by atoms with Gasteiger partial charge in [0.2, 0.25) is 0 Å². The maximum Gasteiger partial charge on any atom is 0.323 e. The third-order valence-corrected chi connectivity index (χ3v) is 3.36. The zero-order valence-corrected chi connectivity index (χ0v) is 10.5. The molecule has 1 aliphatic heterocycles. The summed E-state index contributed by atoms with van der Waals surface area (Å²) in [6.07, 6.45) is 3.62. The summed E-state index contributed by atoms with van der Waals surface area (Å²) in [6.45, 7) is 2.19. The van der Waals surface area contributed by atoms with Crippen LogP contribution in [0.3, 0.4) is 0 Å². The molecule has 1 fully saturated rings. The monoisotopic (exact) mass is 250 g/mol. The summed E-state index contributed by atoms with van der Waals surface area (Å²) in [7, 11) is 1.42. The van der Waals surface area contributed by atoms with Crippen LogP contribution < -0.4 is 5.56 Å². The minimum atomic E-state index is -0.173. The van der Waals surface area contributed by atoms with Gasteiger partial charge in [-0.3, -0.25) is 14.5 Å². The van der Waals surface area contributed by atoms with Gasteiger partial charge in [-0.1, -0.05) is 6.07 Å². The Kier molecular flexibility index (Phi) is 4.15. The van der Waals surface area contributed by atoms with E-state index in [2.05, 4.69) is 4.90 Å². The Morgan fingerprint density at radius 2 is 2.28 bits per heavy atom. The summed E-state index contributed by atoms with van der Waals surface area (Å²) in [5, 5.41) is 0. The highest BCUT2D eigenvalue weighted by atomic mass is 16.5. The first-order valence-corrected chi connectivity index (χ1v) is 6.19. The molecule has 0 aromatic carbocycles. The van der Waals surface area contributed by atoms with Gasteiger partial charge in [0.05, 0.1) is 7.11 Å². The fraction of sp³-hybridized carbons (Fsp3) is 0.538. The van der Waals surface area contributed by atoms with Crippen LogP contribution in [0, 0.1) is 0 Å². The van der Waals surface area contributed by atoms with Crippen LogP contribution >= 0.6 is 0 Å². The number of carbonyl (C=O) groups is 1. The molecule has 0 aliphatic carbocycles. The normalized spacial score (nSPS) is 19.9. The number of nitrogens with zero attached hydrogens (tertiary/aromatic N) is 2. The summed E-state index contributed by atoms with van der Waals surface area (Å²) in [5.41, 5.74) is -0.00804. The van der Waals surface area contributed by atoms with Gasteiger partial charge in [0.15, 0.2) is 0 Å². The number of aromatic nitrogens is 1. The summed E-state index contributed by atoms with van der Waals surface area (Å²) in [6, 6.07) is 4.96. The van der Waals surface area contributed by atoms with Gasteiger partial charge >= 0.3 is 5.97 Å². The van der Waals surface area contributed by atoms with E-state index < -0.39 is 0 Å². The number of hydrogen-bond donors (Lipinski definition) is 0. The maximum absolute atomic E-state index is 11.6. The van der Waals surface area contributed by atoms with Crippen molar-refractivity contribution in [1.29, 1.82) is 0 Å². The fourth-order valence-corrected chi connectivity index (χ4v) is 2.38. The number of pyridine rings is 1. The zero-order chi connectivity index (χ0) is 13.0. The lowest BCUT2D eigenvalue weighted by Crippen LogP contribution is -2.39. The molecule has 98 valence electrons. The summed E-state index contributed by atoms with van der Waals surface area (Å²) < 4.78 is 6.45. The van der Waals surface area contributed by atoms with Crippen molar-refractivity contribution >= 4 is 5.97 Å². The molecule has 1 unspecified atom stereocenters. The highest BCUT2D eigenvalue weighted by Crippen LogP contribution is 2.17. The van der Waals surface area contributed by atoms with E-state index in [1.807, 2.05) is 6.07 Å². The molecule has 18 heavy (non-hydrogen) atoms. The maximum atomic E-state index is 11.6. The van der Waals surface area contributed by atoms with Crippen molar-refractivity contribution in [1.82, 2.24) is 9.47 Å². The number of methoxy groups -OCH3 is 1. The second-order valence-electron chi connectivity index (χ2n) is 4.45. The van der Waals surface area contributed by atoms with Crippen molar-refractivity contribution in [3.63, 3.8) is 0 Å². The molecule has 5 nitrogen and oxygen atoms in total. The lowest BCUT2D eigenvalue weighted by atomic mass is 10.2. The minimum Gasteiger partial charge on any atom is -0.468 e. The van der Waals surface area contributed by atoms with Gasteiger partial charge in [0, 0.05) is 25.4 Å². The molecule has 0 bridgehead atoms. The van der Waals surface area contributed by atoms with Crippen molar-refractivity contribution in [3.05, 3.63) is 34.7 Å². The molecule has 0 radical (unpaired) electrons. The van der Waals surface area contributed by atoms with Crippen LogP contribution in [-0.2, 0) is 16.1 Å². The molecule has 0 spiro atoms. The summed E-state index contributed by atoms with van der Waals surface area (Å²) in [5.74, 6) is -0.173. The predicted octanol–water partition coefficient (Wildman–Crippen LogP) is 0.486. The Morgan fingerprint density at radius 1 is 1.44 bits per heavy atom. The number of ether oxygens (including phenoxy) is 1. The van der Waals surface area contributed by atoms with E-state index in [4.69, 9.17) is 4.74 Å². The first-order valence-electron chi connectivity index (χ1n) is 6.19. The Morgan fingerprint density at radius 3 is 3.00 bits per heavy atom. The zero-order valence-electron chi connectivity index (χ0n) is 10.5. The van der Waals surface area contributed by atoms with Gasteiger partial charge in [-0.05, 0) is 25.5 Å². The SMILES string of the molecule is COC(=O)C1CCCN1CCn1ccccc1=O. The molecular weight excluding hydrogens is 232 g/mol. The molecule has 0 saturated carbocycles. The molecule has 1 saturated heterocycles. The van der Waals surface area contributed by atoms with Crippen LogP contribution in [0.5, 0.6) is 0 Å². The van der Waals surface area contributed by atoms with Gasteiger partial charge in [-0.2, -0.15) is 0 Å². The van der Waals surface area contributed by atoms with E-state index in [9.17, 15) is 9.59 Å². The lowest BCUT2D eigenvalue weighted by molar-refractivity contribution is -0.145. The summed E-state index contributed by atoms with van der Waals surface area (Å²) >= 11 is 0. The van der Waals surface area contributed by atoms with E-state index >= 15 is 0 Å². The molecule has 0 amide bonds. The number of carbonyl (C=O) groups excluding carboxylic acids is 1. The molecular formula is C13H18N2O3. The molecule has 1 aromatic rings. The smallest absolute Gasteiger partial charge is 0.323 e. The van der Waals surface area contributed by atoms with E-state index in [1.165, 1.54) is 7.11 Å². The largest absolute Gasteiger partial charge is 0.468 e. The third kappa shape index (κ3) is 2.79. The van der Waals surface area contributed by atoms with E-state index in [-0.39, 0.29) is 17.6 Å². The van der Waals surface area contributed by atoms with Gasteiger partial charge in [0.25, 0.3) is 5.56 Å². The topological polar surface area (TPSA) is 51.5 Å². The lowest BCUT2D eigenvalue weighted by Gasteiger charge is -2.22. The van der Waals surface area contributed by atoms with Crippen molar-refractivity contribution in [2.24, 2.45) is 0 Å². The highest BCUT2D eigenvalue weighted by molar-refractivity contribution is 5.75. The van der Waals surface area contributed by atoms with Crippen LogP contribution in [0.4, 0.5) is 0 Å². The average molecular weight is 250 g/mol.